The Balaban J connectivity index is 4.09. The fourth-order valence-corrected chi connectivity index (χ4v) is 10.1. The van der Waals surface area contributed by atoms with Crippen LogP contribution < -0.4 is 0 Å². The van der Waals surface area contributed by atoms with Crippen LogP contribution in [-0.2, 0) is 32.7 Å². The van der Waals surface area contributed by atoms with Gasteiger partial charge < -0.3 is 18.9 Å². The molecule has 0 spiro atoms. The molecule has 464 valence electrons. The zero-order chi connectivity index (χ0) is 58.4. The van der Waals surface area contributed by atoms with E-state index in [1.807, 2.05) is 21.1 Å². The summed E-state index contributed by atoms with van der Waals surface area (Å²) in [5.74, 6) is -0.792. The molecule has 2 atom stereocenters. The fourth-order valence-electron chi connectivity index (χ4n) is 9.31. The van der Waals surface area contributed by atoms with Crippen molar-refractivity contribution in [1.29, 1.82) is 0 Å². The zero-order valence-corrected chi connectivity index (χ0v) is 53.7. The Kier molecular flexibility index (Phi) is 58.6. The number of phosphoric ester groups is 1. The number of likely N-dealkylation sites (N-methyl/N-ethyl adjacent to an activating group) is 1. The van der Waals surface area contributed by atoms with Crippen molar-refractivity contribution in [3.05, 3.63) is 85.1 Å². The van der Waals surface area contributed by atoms with Crippen LogP contribution in [0.5, 0.6) is 0 Å². The van der Waals surface area contributed by atoms with Crippen molar-refractivity contribution >= 4 is 19.8 Å². The Bertz CT molecular complexity index is 1630. The van der Waals surface area contributed by atoms with Gasteiger partial charge in [0.1, 0.15) is 19.8 Å². The second kappa shape index (κ2) is 60.8. The smallest absolute Gasteiger partial charge is 0.462 e. The number of hydrogen-bond donors (Lipinski definition) is 1. The van der Waals surface area contributed by atoms with Gasteiger partial charge in [-0.05, 0) is 89.9 Å². The minimum Gasteiger partial charge on any atom is -0.462 e. The molecule has 80 heavy (non-hydrogen) atoms. The van der Waals surface area contributed by atoms with Crippen LogP contribution in [0.3, 0.4) is 0 Å². The number of hydrogen-bond acceptors (Lipinski definition) is 7. The summed E-state index contributed by atoms with van der Waals surface area (Å²) in [5.41, 5.74) is 0. The normalized spacial score (nSPS) is 13.7. The molecule has 0 aromatic carbocycles. The quantitative estimate of drug-likeness (QED) is 0.0211. The van der Waals surface area contributed by atoms with E-state index in [2.05, 4.69) is 98.9 Å². The number of allylic oxidation sites excluding steroid dienone is 14. The van der Waals surface area contributed by atoms with Crippen molar-refractivity contribution < 1.29 is 42.1 Å². The molecule has 0 rings (SSSR count). The average Bonchev–Trinajstić information content (AvgIpc) is 3.42. The maximum Gasteiger partial charge on any atom is 0.472 e. The van der Waals surface area contributed by atoms with Gasteiger partial charge in [0.2, 0.25) is 0 Å². The first-order valence-corrected chi connectivity index (χ1v) is 34.8. The summed E-state index contributed by atoms with van der Waals surface area (Å²) in [6.07, 6.45) is 82.4. The largest absolute Gasteiger partial charge is 0.472 e. The molecule has 0 heterocycles. The Morgan fingerprint density at radius 2 is 0.713 bits per heavy atom. The lowest BCUT2D eigenvalue weighted by atomic mass is 10.0. The number of nitrogens with zero attached hydrogens (tertiary/aromatic N) is 1. The van der Waals surface area contributed by atoms with Crippen LogP contribution in [0.1, 0.15) is 296 Å². The van der Waals surface area contributed by atoms with E-state index >= 15 is 0 Å². The molecular weight excluding hydrogens is 1010 g/mol. The van der Waals surface area contributed by atoms with Gasteiger partial charge in [-0.15, -0.1) is 0 Å². The molecule has 2 unspecified atom stereocenters. The lowest BCUT2D eigenvalue weighted by molar-refractivity contribution is -0.870. The highest BCUT2D eigenvalue weighted by Gasteiger charge is 2.27. The summed E-state index contributed by atoms with van der Waals surface area (Å²) in [4.78, 5) is 35.8. The molecule has 0 radical (unpaired) electrons. The second-order valence-corrected chi connectivity index (χ2v) is 24.9. The lowest BCUT2D eigenvalue weighted by Crippen LogP contribution is -2.37. The van der Waals surface area contributed by atoms with Crippen LogP contribution in [-0.4, -0.2) is 74.9 Å². The van der Waals surface area contributed by atoms with Crippen LogP contribution in [0.4, 0.5) is 0 Å². The summed E-state index contributed by atoms with van der Waals surface area (Å²) in [6.45, 7) is 4.35. The first-order chi connectivity index (χ1) is 39.0. The van der Waals surface area contributed by atoms with Gasteiger partial charge in [0.15, 0.2) is 6.10 Å². The van der Waals surface area contributed by atoms with Gasteiger partial charge in [-0.2, -0.15) is 0 Å². The minimum absolute atomic E-state index is 0.0294. The Hall–Kier alpha value is -2.81. The van der Waals surface area contributed by atoms with Gasteiger partial charge in [-0.3, -0.25) is 18.6 Å². The molecule has 0 saturated carbocycles. The molecule has 0 aliphatic carbocycles. The molecule has 9 nitrogen and oxygen atoms in total. The van der Waals surface area contributed by atoms with Crippen LogP contribution >= 0.6 is 7.82 Å². The number of rotatable bonds is 61. The van der Waals surface area contributed by atoms with Crippen molar-refractivity contribution in [2.24, 2.45) is 0 Å². The van der Waals surface area contributed by atoms with Crippen molar-refractivity contribution in [3.63, 3.8) is 0 Å². The monoisotopic (exact) mass is 1140 g/mol. The molecule has 0 aliphatic heterocycles. The van der Waals surface area contributed by atoms with Crippen LogP contribution in [0.2, 0.25) is 0 Å². The Labute approximate surface area is 494 Å². The van der Waals surface area contributed by atoms with Gasteiger partial charge in [-0.1, -0.05) is 279 Å². The van der Waals surface area contributed by atoms with Gasteiger partial charge in [0.05, 0.1) is 27.7 Å². The van der Waals surface area contributed by atoms with E-state index in [4.69, 9.17) is 18.5 Å². The third-order valence-corrected chi connectivity index (χ3v) is 15.4. The first kappa shape index (κ1) is 77.2. The summed E-state index contributed by atoms with van der Waals surface area (Å²) >= 11 is 0. The van der Waals surface area contributed by atoms with E-state index < -0.39 is 26.5 Å². The number of esters is 2. The average molecular weight is 1140 g/mol. The number of ether oxygens (including phenoxy) is 2. The van der Waals surface area contributed by atoms with Gasteiger partial charge in [0, 0.05) is 12.8 Å². The third-order valence-electron chi connectivity index (χ3n) is 14.4. The van der Waals surface area contributed by atoms with E-state index in [0.29, 0.717) is 17.4 Å². The standard InChI is InChI=1S/C70H126NO8P/c1-6-8-10-12-14-16-18-20-22-24-26-28-30-32-33-34-35-36-37-39-41-43-45-47-49-51-53-55-57-59-61-63-70(73)79-68(67-78-80(74,75)77-65-64-71(3,4)5)66-76-69(72)62-60-58-56-54-52-50-48-46-44-42-40-38-31-29-27-25-23-21-19-17-15-13-11-9-7-2/h8,10,14,16,20,22,25-28,32-33,35-36,68H,6-7,9,11-13,15,17-19,21,23-24,29-31,34,37-67H2,1-5H3/p+1/b10-8-,16-14-,22-20-,27-25-,28-26-,33-32-,36-35-. The SMILES string of the molecule is CC/C=C\C/C=C\C/C=C\C/C=C\C/C=C\C/C=C\CCCCCCCCCCCCCCC(=O)OC(COC(=O)CCCCCCCCCCCCCCC/C=C\CCCCCCCCCC)COP(=O)(O)OCC[N+](C)(C)C. The molecule has 0 amide bonds. The van der Waals surface area contributed by atoms with E-state index in [1.165, 1.54) is 186 Å². The van der Waals surface area contributed by atoms with Crippen molar-refractivity contribution in [1.82, 2.24) is 0 Å². The molecule has 0 aliphatic rings. The maximum atomic E-state index is 12.9. The molecule has 0 aromatic heterocycles. The number of carbonyl (C=O) groups is 2. The summed E-state index contributed by atoms with van der Waals surface area (Å²) in [5, 5.41) is 0. The lowest BCUT2D eigenvalue weighted by Gasteiger charge is -2.24. The van der Waals surface area contributed by atoms with E-state index in [-0.39, 0.29) is 32.0 Å². The molecule has 0 saturated heterocycles. The maximum absolute atomic E-state index is 12.9. The van der Waals surface area contributed by atoms with Gasteiger partial charge in [0.25, 0.3) is 0 Å². The number of phosphoric acid groups is 1. The fraction of sp³-hybridized carbons (Fsp3) is 0.771. The molecule has 0 bridgehead atoms. The molecule has 0 aromatic rings. The number of carbonyl (C=O) groups excluding carboxylic acids is 2. The molecule has 0 fully saturated rings. The van der Waals surface area contributed by atoms with Crippen molar-refractivity contribution in [2.75, 3.05) is 47.5 Å². The highest BCUT2D eigenvalue weighted by molar-refractivity contribution is 7.47. The summed E-state index contributed by atoms with van der Waals surface area (Å²) in [6, 6.07) is 0. The predicted molar refractivity (Wildman–Crippen MR) is 344 cm³/mol. The van der Waals surface area contributed by atoms with Crippen LogP contribution in [0.15, 0.2) is 85.1 Å². The Morgan fingerprint density at radius 3 is 1.07 bits per heavy atom. The van der Waals surface area contributed by atoms with E-state index in [0.717, 1.165) is 77.0 Å². The number of quaternary nitrogens is 1. The van der Waals surface area contributed by atoms with Gasteiger partial charge in [-0.25, -0.2) is 4.57 Å². The van der Waals surface area contributed by atoms with Crippen LogP contribution in [0.25, 0.3) is 0 Å². The molecule has 10 heteroatoms. The topological polar surface area (TPSA) is 108 Å². The molecular formula is C70H127NO8P+. The summed E-state index contributed by atoms with van der Waals surface area (Å²) in [7, 11) is 1.48. The summed E-state index contributed by atoms with van der Waals surface area (Å²) < 4.78 is 34.7. The zero-order valence-electron chi connectivity index (χ0n) is 52.8. The predicted octanol–water partition coefficient (Wildman–Crippen LogP) is 21.4. The first-order valence-electron chi connectivity index (χ1n) is 33.3. The molecule has 1 N–H and O–H groups in total. The Morgan fingerprint density at radius 1 is 0.400 bits per heavy atom. The van der Waals surface area contributed by atoms with Crippen molar-refractivity contribution in [2.45, 2.75) is 302 Å². The highest BCUT2D eigenvalue weighted by Crippen LogP contribution is 2.43. The second-order valence-electron chi connectivity index (χ2n) is 23.5. The van der Waals surface area contributed by atoms with Crippen molar-refractivity contribution in [3.8, 4) is 0 Å². The number of unbranched alkanes of at least 4 members (excludes halogenated alkanes) is 33. The van der Waals surface area contributed by atoms with E-state index in [9.17, 15) is 19.0 Å². The highest BCUT2D eigenvalue weighted by atomic mass is 31.2. The minimum atomic E-state index is -4.39. The van der Waals surface area contributed by atoms with Crippen LogP contribution in [0, 0.1) is 0 Å². The van der Waals surface area contributed by atoms with E-state index in [1.54, 1.807) is 0 Å². The van der Waals surface area contributed by atoms with Gasteiger partial charge >= 0.3 is 19.8 Å². The third kappa shape index (κ3) is 64.4.